The van der Waals surface area contributed by atoms with Gasteiger partial charge < -0.3 is 15.8 Å². The summed E-state index contributed by atoms with van der Waals surface area (Å²) >= 11 is 0. The molecule has 0 aliphatic heterocycles. The summed E-state index contributed by atoms with van der Waals surface area (Å²) in [6, 6.07) is 9.30. The van der Waals surface area contributed by atoms with Crippen LogP contribution in [0.4, 0.5) is 5.69 Å². The van der Waals surface area contributed by atoms with Crippen molar-refractivity contribution in [1.29, 1.82) is 0 Å². The van der Waals surface area contributed by atoms with E-state index in [0.29, 0.717) is 18.8 Å². The van der Waals surface area contributed by atoms with Crippen LogP contribution in [0.2, 0.25) is 0 Å². The maximum absolute atomic E-state index is 11.7. The number of carbonyl (C=O) groups excluding carboxylic acids is 1. The highest BCUT2D eigenvalue weighted by atomic mass is 16.5. The zero-order valence-electron chi connectivity index (χ0n) is 10.8. The van der Waals surface area contributed by atoms with Gasteiger partial charge in [0, 0.05) is 24.7 Å². The molecule has 0 aliphatic carbocycles. The quantitative estimate of drug-likeness (QED) is 0.623. The fraction of sp³-hybridized carbons (Fsp3) is 0.286. The molecule has 0 saturated heterocycles. The second-order valence-electron chi connectivity index (χ2n) is 4.27. The molecule has 19 heavy (non-hydrogen) atoms. The second-order valence-corrected chi connectivity index (χ2v) is 4.27. The van der Waals surface area contributed by atoms with Crippen LogP contribution in [0, 0.1) is 0 Å². The lowest BCUT2D eigenvalue weighted by atomic mass is 10.1. The van der Waals surface area contributed by atoms with E-state index in [1.54, 1.807) is 13.2 Å². The minimum absolute atomic E-state index is 0.0562. The molecular formula is C14H17N3O2. The summed E-state index contributed by atoms with van der Waals surface area (Å²) in [5, 5.41) is 3.74. The van der Waals surface area contributed by atoms with Gasteiger partial charge in [0.2, 0.25) is 5.91 Å². The molecule has 1 aromatic carbocycles. The number of ether oxygens (including phenoxy) is 1. The Bertz CT molecular complexity index is 584. The molecule has 0 bridgehead atoms. The Morgan fingerprint density at radius 3 is 3.00 bits per heavy atom. The Morgan fingerprint density at radius 1 is 1.37 bits per heavy atom. The Balaban J connectivity index is 2.05. The van der Waals surface area contributed by atoms with Gasteiger partial charge in [-0.3, -0.25) is 9.78 Å². The minimum atomic E-state index is -0.0562. The number of fused-ring (bicyclic) bond motifs is 1. The standard InChI is InChI=1S/C14H17N3O2/c1-19-7-6-16-14(18)9-12-4-2-10-8-11(15)3-5-13(10)17-12/h2-5,8H,6-7,9,15H2,1H3,(H,16,18). The number of nitrogens with two attached hydrogens (primary N) is 1. The predicted molar refractivity (Wildman–Crippen MR) is 74.7 cm³/mol. The summed E-state index contributed by atoms with van der Waals surface area (Å²) in [6.45, 7) is 1.02. The highest BCUT2D eigenvalue weighted by Gasteiger charge is 2.05. The van der Waals surface area contributed by atoms with Crippen LogP contribution >= 0.6 is 0 Å². The molecule has 5 nitrogen and oxygen atoms in total. The SMILES string of the molecule is COCCNC(=O)Cc1ccc2cc(N)ccc2n1. The molecule has 1 amide bonds. The van der Waals surface area contributed by atoms with E-state index in [0.717, 1.165) is 16.6 Å². The highest BCUT2D eigenvalue weighted by Crippen LogP contribution is 2.16. The van der Waals surface area contributed by atoms with E-state index in [-0.39, 0.29) is 12.3 Å². The highest BCUT2D eigenvalue weighted by molar-refractivity contribution is 5.83. The van der Waals surface area contributed by atoms with E-state index in [1.165, 1.54) is 0 Å². The maximum Gasteiger partial charge on any atom is 0.226 e. The summed E-state index contributed by atoms with van der Waals surface area (Å²) in [5.74, 6) is -0.0562. The molecule has 0 radical (unpaired) electrons. The Labute approximate surface area is 111 Å². The number of hydrogen-bond donors (Lipinski definition) is 2. The van der Waals surface area contributed by atoms with Crippen molar-refractivity contribution in [2.45, 2.75) is 6.42 Å². The van der Waals surface area contributed by atoms with Crippen molar-refractivity contribution in [2.24, 2.45) is 0 Å². The Hall–Kier alpha value is -2.14. The fourth-order valence-corrected chi connectivity index (χ4v) is 1.80. The normalized spacial score (nSPS) is 10.6. The van der Waals surface area contributed by atoms with E-state index in [2.05, 4.69) is 10.3 Å². The molecule has 1 aromatic heterocycles. The third-order valence-corrected chi connectivity index (χ3v) is 2.74. The second kappa shape index (κ2) is 6.15. The number of amides is 1. The largest absolute Gasteiger partial charge is 0.399 e. The van der Waals surface area contributed by atoms with Crippen molar-refractivity contribution in [3.8, 4) is 0 Å². The number of anilines is 1. The van der Waals surface area contributed by atoms with E-state index < -0.39 is 0 Å². The van der Waals surface area contributed by atoms with Gasteiger partial charge in [0.25, 0.3) is 0 Å². The van der Waals surface area contributed by atoms with E-state index in [9.17, 15) is 4.79 Å². The maximum atomic E-state index is 11.7. The molecule has 0 unspecified atom stereocenters. The topological polar surface area (TPSA) is 77.2 Å². The molecule has 0 fully saturated rings. The smallest absolute Gasteiger partial charge is 0.226 e. The first-order valence-corrected chi connectivity index (χ1v) is 6.10. The third kappa shape index (κ3) is 3.66. The molecule has 2 rings (SSSR count). The summed E-state index contributed by atoms with van der Waals surface area (Å²) in [7, 11) is 1.60. The molecule has 1 heterocycles. The fourth-order valence-electron chi connectivity index (χ4n) is 1.80. The number of hydrogen-bond acceptors (Lipinski definition) is 4. The van der Waals surface area contributed by atoms with Gasteiger partial charge in [0.1, 0.15) is 0 Å². The van der Waals surface area contributed by atoms with Gasteiger partial charge in [-0.25, -0.2) is 0 Å². The molecular weight excluding hydrogens is 242 g/mol. The molecule has 0 aliphatic rings. The lowest BCUT2D eigenvalue weighted by Crippen LogP contribution is -2.28. The van der Waals surface area contributed by atoms with E-state index >= 15 is 0 Å². The first-order valence-electron chi connectivity index (χ1n) is 6.10. The van der Waals surface area contributed by atoms with Crippen LogP contribution in [0.3, 0.4) is 0 Å². The van der Waals surface area contributed by atoms with Crippen molar-refractivity contribution in [3.63, 3.8) is 0 Å². The Kier molecular flexibility index (Phi) is 4.30. The summed E-state index contributed by atoms with van der Waals surface area (Å²) in [5.41, 5.74) is 8.00. The number of benzene rings is 1. The van der Waals surface area contributed by atoms with Crippen LogP contribution in [-0.2, 0) is 16.0 Å². The number of nitrogens with one attached hydrogen (secondary N) is 1. The van der Waals surface area contributed by atoms with Crippen LogP contribution in [0.5, 0.6) is 0 Å². The van der Waals surface area contributed by atoms with Crippen molar-refractivity contribution in [1.82, 2.24) is 10.3 Å². The average molecular weight is 259 g/mol. The molecule has 0 spiro atoms. The average Bonchev–Trinajstić information content (AvgIpc) is 2.39. The van der Waals surface area contributed by atoms with E-state index in [4.69, 9.17) is 10.5 Å². The van der Waals surface area contributed by atoms with Crippen LogP contribution in [0.25, 0.3) is 10.9 Å². The van der Waals surface area contributed by atoms with Gasteiger partial charge in [-0.1, -0.05) is 6.07 Å². The van der Waals surface area contributed by atoms with Crippen molar-refractivity contribution >= 4 is 22.5 Å². The van der Waals surface area contributed by atoms with Crippen molar-refractivity contribution in [3.05, 3.63) is 36.0 Å². The van der Waals surface area contributed by atoms with Gasteiger partial charge in [-0.2, -0.15) is 0 Å². The number of nitrogens with zero attached hydrogens (tertiary/aromatic N) is 1. The molecule has 100 valence electrons. The molecule has 0 saturated carbocycles. The number of nitrogen functional groups attached to an aromatic ring is 1. The Morgan fingerprint density at radius 2 is 2.21 bits per heavy atom. The summed E-state index contributed by atoms with van der Waals surface area (Å²) in [6.07, 6.45) is 0.268. The van der Waals surface area contributed by atoms with Crippen molar-refractivity contribution in [2.75, 3.05) is 26.0 Å². The van der Waals surface area contributed by atoms with Gasteiger partial charge in [-0.15, -0.1) is 0 Å². The lowest BCUT2D eigenvalue weighted by molar-refractivity contribution is -0.120. The third-order valence-electron chi connectivity index (χ3n) is 2.74. The zero-order chi connectivity index (χ0) is 13.7. The van der Waals surface area contributed by atoms with Crippen LogP contribution in [0.15, 0.2) is 30.3 Å². The van der Waals surface area contributed by atoms with Crippen LogP contribution < -0.4 is 11.1 Å². The molecule has 2 aromatic rings. The van der Waals surface area contributed by atoms with Gasteiger partial charge in [0.05, 0.1) is 24.2 Å². The van der Waals surface area contributed by atoms with Crippen LogP contribution in [-0.4, -0.2) is 31.2 Å². The summed E-state index contributed by atoms with van der Waals surface area (Å²) in [4.78, 5) is 16.1. The molecule has 0 atom stereocenters. The predicted octanol–water partition coefficient (Wildman–Crippen LogP) is 1.12. The lowest BCUT2D eigenvalue weighted by Gasteiger charge is -2.05. The first-order chi connectivity index (χ1) is 9.19. The van der Waals surface area contributed by atoms with Gasteiger partial charge in [-0.05, 0) is 24.3 Å². The molecule has 3 N–H and O–H groups in total. The zero-order valence-corrected chi connectivity index (χ0v) is 10.8. The van der Waals surface area contributed by atoms with E-state index in [1.807, 2.05) is 24.3 Å². The minimum Gasteiger partial charge on any atom is -0.399 e. The molecule has 5 heteroatoms. The number of aromatic nitrogens is 1. The number of pyridine rings is 1. The van der Waals surface area contributed by atoms with Gasteiger partial charge >= 0.3 is 0 Å². The first kappa shape index (κ1) is 13.3. The monoisotopic (exact) mass is 259 g/mol. The van der Waals surface area contributed by atoms with Gasteiger partial charge in [0.15, 0.2) is 0 Å². The number of rotatable bonds is 5. The number of carbonyl (C=O) groups is 1. The summed E-state index contributed by atoms with van der Waals surface area (Å²) < 4.78 is 4.87. The van der Waals surface area contributed by atoms with Crippen LogP contribution in [0.1, 0.15) is 5.69 Å². The number of methoxy groups -OCH3 is 1. The van der Waals surface area contributed by atoms with Crippen molar-refractivity contribution < 1.29 is 9.53 Å².